The van der Waals surface area contributed by atoms with E-state index in [1.54, 1.807) is 11.3 Å². The molecule has 2 aliphatic rings. The number of piperazine rings is 1. The number of thiophene rings is 1. The highest BCUT2D eigenvalue weighted by molar-refractivity contribution is 7.13. The molecule has 2 fully saturated rings. The zero-order valence-corrected chi connectivity index (χ0v) is 14.2. The summed E-state index contributed by atoms with van der Waals surface area (Å²) < 4.78 is 10.8. The Morgan fingerprint density at radius 2 is 2.21 bits per heavy atom. The molecule has 0 saturated carbocycles. The lowest BCUT2D eigenvalue weighted by molar-refractivity contribution is -0.142. The van der Waals surface area contributed by atoms with Gasteiger partial charge in [-0.05, 0) is 24.3 Å². The van der Waals surface area contributed by atoms with Crippen molar-refractivity contribution >= 4 is 17.2 Å². The second kappa shape index (κ2) is 7.00. The van der Waals surface area contributed by atoms with Crippen molar-refractivity contribution in [1.29, 1.82) is 0 Å². The number of carbonyl (C=O) groups is 1. The quantitative estimate of drug-likeness (QED) is 0.836. The Kier molecular flexibility index (Phi) is 4.59. The first-order chi connectivity index (χ1) is 11.8. The summed E-state index contributed by atoms with van der Waals surface area (Å²) in [5, 5.41) is 6.03. The minimum Gasteiger partial charge on any atom is -0.368 e. The number of hydrogen-bond acceptors (Lipinski definition) is 7. The van der Waals surface area contributed by atoms with Crippen molar-refractivity contribution in [2.75, 3.05) is 32.8 Å². The number of amides is 1. The first kappa shape index (κ1) is 15.7. The normalized spacial score (nSPS) is 22.2. The molecule has 4 heterocycles. The molecule has 0 unspecified atom stereocenters. The molecule has 4 rings (SSSR count). The number of aromatic nitrogens is 2. The Morgan fingerprint density at radius 1 is 1.33 bits per heavy atom. The van der Waals surface area contributed by atoms with Crippen molar-refractivity contribution in [2.24, 2.45) is 0 Å². The van der Waals surface area contributed by atoms with Crippen molar-refractivity contribution in [2.45, 2.75) is 25.5 Å². The standard InChI is InChI=1S/C16H20N4O3S/c21-16(12-3-1-9-22-12)20-7-5-19(6-8-20)11-14-17-15(18-23-14)13-4-2-10-24-13/h2,4,10,12H,1,3,5-9,11H2/t12-/m0/s1. The Balaban J connectivity index is 1.29. The first-order valence-corrected chi connectivity index (χ1v) is 9.17. The van der Waals surface area contributed by atoms with Crippen LogP contribution in [0.5, 0.6) is 0 Å². The predicted molar refractivity (Wildman–Crippen MR) is 88.4 cm³/mol. The molecule has 0 bridgehead atoms. The van der Waals surface area contributed by atoms with Crippen molar-refractivity contribution in [1.82, 2.24) is 19.9 Å². The third kappa shape index (κ3) is 3.35. The molecular weight excluding hydrogens is 328 g/mol. The molecule has 7 nitrogen and oxygen atoms in total. The van der Waals surface area contributed by atoms with E-state index < -0.39 is 0 Å². The molecule has 0 aliphatic carbocycles. The van der Waals surface area contributed by atoms with Crippen LogP contribution in [0.4, 0.5) is 0 Å². The topological polar surface area (TPSA) is 71.7 Å². The van der Waals surface area contributed by atoms with E-state index in [0.717, 1.165) is 43.9 Å². The van der Waals surface area contributed by atoms with Crippen molar-refractivity contribution in [3.05, 3.63) is 23.4 Å². The summed E-state index contributed by atoms with van der Waals surface area (Å²) in [6, 6.07) is 3.95. The molecule has 2 aromatic heterocycles. The highest BCUT2D eigenvalue weighted by Gasteiger charge is 2.30. The Morgan fingerprint density at radius 3 is 2.92 bits per heavy atom. The number of rotatable bonds is 4. The van der Waals surface area contributed by atoms with Gasteiger partial charge in [-0.1, -0.05) is 11.2 Å². The van der Waals surface area contributed by atoms with Crippen LogP contribution in [0, 0.1) is 0 Å². The van der Waals surface area contributed by atoms with Crippen LogP contribution >= 0.6 is 11.3 Å². The summed E-state index contributed by atoms with van der Waals surface area (Å²) in [7, 11) is 0. The molecule has 0 aromatic carbocycles. The third-order valence-electron chi connectivity index (χ3n) is 4.46. The molecule has 8 heteroatoms. The van der Waals surface area contributed by atoms with Crippen molar-refractivity contribution in [3.63, 3.8) is 0 Å². The van der Waals surface area contributed by atoms with Crippen LogP contribution in [-0.4, -0.2) is 64.7 Å². The zero-order valence-electron chi connectivity index (χ0n) is 13.4. The summed E-state index contributed by atoms with van der Waals surface area (Å²) in [6.45, 7) is 4.42. The monoisotopic (exact) mass is 348 g/mol. The van der Waals surface area contributed by atoms with Gasteiger partial charge in [-0.2, -0.15) is 4.98 Å². The molecule has 1 amide bonds. The van der Waals surface area contributed by atoms with Crippen LogP contribution in [0.25, 0.3) is 10.7 Å². The average Bonchev–Trinajstić information content (AvgIpc) is 3.36. The lowest BCUT2D eigenvalue weighted by atomic mass is 10.2. The molecule has 0 radical (unpaired) electrons. The van der Waals surface area contributed by atoms with Crippen LogP contribution in [-0.2, 0) is 16.1 Å². The highest BCUT2D eigenvalue weighted by Crippen LogP contribution is 2.22. The zero-order chi connectivity index (χ0) is 16.4. The number of hydrogen-bond donors (Lipinski definition) is 0. The Hall–Kier alpha value is -1.77. The van der Waals surface area contributed by atoms with Gasteiger partial charge in [0.15, 0.2) is 0 Å². The van der Waals surface area contributed by atoms with Gasteiger partial charge in [-0.3, -0.25) is 9.69 Å². The van der Waals surface area contributed by atoms with Gasteiger partial charge in [0.25, 0.3) is 5.91 Å². The molecule has 1 atom stereocenters. The summed E-state index contributed by atoms with van der Waals surface area (Å²) >= 11 is 1.60. The first-order valence-electron chi connectivity index (χ1n) is 8.29. The van der Waals surface area contributed by atoms with Crippen molar-refractivity contribution in [3.8, 4) is 10.7 Å². The van der Waals surface area contributed by atoms with E-state index >= 15 is 0 Å². The van der Waals surface area contributed by atoms with E-state index in [1.807, 2.05) is 22.4 Å². The van der Waals surface area contributed by atoms with Gasteiger partial charge in [-0.15, -0.1) is 11.3 Å². The van der Waals surface area contributed by atoms with E-state index in [4.69, 9.17) is 9.26 Å². The van der Waals surface area contributed by atoms with Crippen LogP contribution in [0.15, 0.2) is 22.0 Å². The Labute approximate surface area is 144 Å². The Bertz CT molecular complexity index is 673. The predicted octanol–water partition coefficient (Wildman–Crippen LogP) is 1.62. The second-order valence-electron chi connectivity index (χ2n) is 6.09. The minimum absolute atomic E-state index is 0.143. The largest absolute Gasteiger partial charge is 0.368 e. The smallest absolute Gasteiger partial charge is 0.251 e. The molecule has 128 valence electrons. The summed E-state index contributed by atoms with van der Waals surface area (Å²) in [4.78, 5) is 22.0. The summed E-state index contributed by atoms with van der Waals surface area (Å²) in [6.07, 6.45) is 1.62. The molecule has 0 N–H and O–H groups in total. The molecule has 2 aliphatic heterocycles. The fraction of sp³-hybridized carbons (Fsp3) is 0.562. The van der Waals surface area contributed by atoms with Gasteiger partial charge in [0.1, 0.15) is 6.10 Å². The van der Waals surface area contributed by atoms with Gasteiger partial charge in [-0.25, -0.2) is 0 Å². The molecular formula is C16H20N4O3S. The fourth-order valence-corrected chi connectivity index (χ4v) is 3.77. The van der Waals surface area contributed by atoms with E-state index in [2.05, 4.69) is 15.0 Å². The number of ether oxygens (including phenoxy) is 1. The van der Waals surface area contributed by atoms with Gasteiger partial charge in [0, 0.05) is 32.8 Å². The highest BCUT2D eigenvalue weighted by atomic mass is 32.1. The fourth-order valence-electron chi connectivity index (χ4n) is 3.12. The lowest BCUT2D eigenvalue weighted by Crippen LogP contribution is -2.51. The van der Waals surface area contributed by atoms with Crippen LogP contribution in [0.3, 0.4) is 0 Å². The second-order valence-corrected chi connectivity index (χ2v) is 7.04. The van der Waals surface area contributed by atoms with Gasteiger partial charge < -0.3 is 14.2 Å². The average molecular weight is 348 g/mol. The van der Waals surface area contributed by atoms with Crippen LogP contribution < -0.4 is 0 Å². The molecule has 0 spiro atoms. The van der Waals surface area contributed by atoms with Crippen molar-refractivity contribution < 1.29 is 14.1 Å². The van der Waals surface area contributed by atoms with Crippen LogP contribution in [0.1, 0.15) is 18.7 Å². The summed E-state index contributed by atoms with van der Waals surface area (Å²) in [5.41, 5.74) is 0. The van der Waals surface area contributed by atoms with Gasteiger partial charge >= 0.3 is 0 Å². The third-order valence-corrected chi connectivity index (χ3v) is 5.32. The van der Waals surface area contributed by atoms with E-state index in [-0.39, 0.29) is 12.0 Å². The van der Waals surface area contributed by atoms with Gasteiger partial charge in [0.2, 0.25) is 11.7 Å². The number of carbonyl (C=O) groups excluding carboxylic acids is 1. The molecule has 2 saturated heterocycles. The maximum atomic E-state index is 12.3. The molecule has 2 aromatic rings. The number of nitrogens with zero attached hydrogens (tertiary/aromatic N) is 4. The van der Waals surface area contributed by atoms with E-state index in [0.29, 0.717) is 24.9 Å². The SMILES string of the molecule is O=C([C@@H]1CCCO1)N1CCN(Cc2nc(-c3cccs3)no2)CC1. The summed E-state index contributed by atoms with van der Waals surface area (Å²) in [5.74, 6) is 1.41. The van der Waals surface area contributed by atoms with Gasteiger partial charge in [0.05, 0.1) is 11.4 Å². The van der Waals surface area contributed by atoms with E-state index in [1.165, 1.54) is 0 Å². The maximum absolute atomic E-state index is 12.3. The maximum Gasteiger partial charge on any atom is 0.251 e. The van der Waals surface area contributed by atoms with E-state index in [9.17, 15) is 4.79 Å². The minimum atomic E-state index is -0.221. The van der Waals surface area contributed by atoms with Crippen LogP contribution in [0.2, 0.25) is 0 Å². The molecule has 24 heavy (non-hydrogen) atoms. The lowest BCUT2D eigenvalue weighted by Gasteiger charge is -2.35.